The monoisotopic (exact) mass is 366 g/mol. The predicted octanol–water partition coefficient (Wildman–Crippen LogP) is 4.65. The Morgan fingerprint density at radius 3 is 2.88 bits per heavy atom. The van der Waals surface area contributed by atoms with Crippen LogP contribution in [0.5, 0.6) is 5.75 Å². The van der Waals surface area contributed by atoms with Gasteiger partial charge in [-0.1, -0.05) is 23.5 Å². The first-order valence-electron chi connectivity index (χ1n) is 8.39. The molecule has 0 aliphatic carbocycles. The van der Waals surface area contributed by atoms with E-state index in [0.29, 0.717) is 6.54 Å². The Morgan fingerprint density at radius 2 is 2.12 bits per heavy atom. The number of nitrogens with zero attached hydrogens (tertiary/aromatic N) is 2. The lowest BCUT2D eigenvalue weighted by Crippen LogP contribution is -2.31. The van der Waals surface area contributed by atoms with Gasteiger partial charge in [0.05, 0.1) is 30.0 Å². The molecule has 5 nitrogen and oxygen atoms in total. The van der Waals surface area contributed by atoms with Crippen LogP contribution in [0.2, 0.25) is 0 Å². The molecule has 26 heavy (non-hydrogen) atoms. The zero-order valence-corrected chi connectivity index (χ0v) is 15.4. The van der Waals surface area contributed by atoms with Crippen LogP contribution in [0.4, 0.5) is 5.13 Å². The number of amides is 1. The number of para-hydroxylation sites is 1. The SMILES string of the molecule is CCN(C(=O)Cc1coc2cc(OC)ccc12)c1nc2ccccc2s1. The van der Waals surface area contributed by atoms with Crippen LogP contribution in [0, 0.1) is 0 Å². The maximum absolute atomic E-state index is 12.9. The van der Waals surface area contributed by atoms with E-state index in [2.05, 4.69) is 4.98 Å². The number of benzene rings is 2. The third-order valence-corrected chi connectivity index (χ3v) is 5.39. The number of fused-ring (bicyclic) bond motifs is 2. The van der Waals surface area contributed by atoms with Crippen molar-refractivity contribution >= 4 is 43.6 Å². The summed E-state index contributed by atoms with van der Waals surface area (Å²) in [7, 11) is 1.62. The van der Waals surface area contributed by atoms with Gasteiger partial charge in [0.2, 0.25) is 5.91 Å². The molecule has 4 rings (SSSR count). The van der Waals surface area contributed by atoms with Crippen molar-refractivity contribution in [1.29, 1.82) is 0 Å². The fourth-order valence-electron chi connectivity index (χ4n) is 2.98. The first kappa shape index (κ1) is 16.6. The molecule has 0 saturated heterocycles. The Balaban J connectivity index is 1.61. The molecule has 0 spiro atoms. The van der Waals surface area contributed by atoms with Crippen LogP contribution in [0.25, 0.3) is 21.2 Å². The molecular formula is C20H18N2O3S. The second-order valence-electron chi connectivity index (χ2n) is 5.90. The Morgan fingerprint density at radius 1 is 1.27 bits per heavy atom. The lowest BCUT2D eigenvalue weighted by molar-refractivity contribution is -0.117. The van der Waals surface area contributed by atoms with Gasteiger partial charge in [0.15, 0.2) is 5.13 Å². The molecular weight excluding hydrogens is 348 g/mol. The summed E-state index contributed by atoms with van der Waals surface area (Å²) in [6.45, 7) is 2.53. The summed E-state index contributed by atoms with van der Waals surface area (Å²) >= 11 is 1.53. The van der Waals surface area contributed by atoms with E-state index in [0.717, 1.165) is 37.6 Å². The summed E-state index contributed by atoms with van der Waals surface area (Å²) < 4.78 is 11.9. The summed E-state index contributed by atoms with van der Waals surface area (Å²) in [5.74, 6) is 0.736. The van der Waals surface area contributed by atoms with Crippen molar-refractivity contribution in [2.45, 2.75) is 13.3 Å². The normalized spacial score (nSPS) is 11.2. The zero-order valence-electron chi connectivity index (χ0n) is 14.6. The molecule has 2 heterocycles. The number of methoxy groups -OCH3 is 1. The van der Waals surface area contributed by atoms with E-state index < -0.39 is 0 Å². The van der Waals surface area contributed by atoms with Gasteiger partial charge >= 0.3 is 0 Å². The van der Waals surface area contributed by atoms with Crippen LogP contribution >= 0.6 is 11.3 Å². The number of ether oxygens (including phenoxy) is 1. The van der Waals surface area contributed by atoms with Crippen molar-refractivity contribution in [2.24, 2.45) is 0 Å². The van der Waals surface area contributed by atoms with Gasteiger partial charge in [-0.15, -0.1) is 0 Å². The van der Waals surface area contributed by atoms with E-state index in [-0.39, 0.29) is 12.3 Å². The van der Waals surface area contributed by atoms with Gasteiger partial charge in [0.25, 0.3) is 0 Å². The lowest BCUT2D eigenvalue weighted by atomic mass is 10.1. The number of aromatic nitrogens is 1. The highest BCUT2D eigenvalue weighted by Crippen LogP contribution is 2.30. The minimum atomic E-state index is 0.00470. The van der Waals surface area contributed by atoms with Gasteiger partial charge in [-0.25, -0.2) is 4.98 Å². The van der Waals surface area contributed by atoms with E-state index >= 15 is 0 Å². The minimum Gasteiger partial charge on any atom is -0.497 e. The van der Waals surface area contributed by atoms with Crippen molar-refractivity contribution < 1.29 is 13.9 Å². The number of anilines is 1. The molecule has 0 aliphatic heterocycles. The summed E-state index contributed by atoms with van der Waals surface area (Å²) in [6, 6.07) is 13.5. The number of likely N-dealkylation sites (N-methyl/N-ethyl adjacent to an activating group) is 1. The molecule has 1 amide bonds. The van der Waals surface area contributed by atoms with E-state index in [1.54, 1.807) is 18.3 Å². The van der Waals surface area contributed by atoms with Gasteiger partial charge in [0, 0.05) is 23.6 Å². The van der Waals surface area contributed by atoms with Crippen molar-refractivity contribution in [1.82, 2.24) is 4.98 Å². The predicted molar refractivity (Wildman–Crippen MR) is 104 cm³/mol. The molecule has 0 saturated carbocycles. The van der Waals surface area contributed by atoms with E-state index in [9.17, 15) is 4.79 Å². The second-order valence-corrected chi connectivity index (χ2v) is 6.91. The first-order chi connectivity index (χ1) is 12.7. The highest BCUT2D eigenvalue weighted by molar-refractivity contribution is 7.22. The number of hydrogen-bond acceptors (Lipinski definition) is 5. The molecule has 0 N–H and O–H groups in total. The van der Waals surface area contributed by atoms with Gasteiger partial charge < -0.3 is 9.15 Å². The van der Waals surface area contributed by atoms with Crippen molar-refractivity contribution in [2.75, 3.05) is 18.6 Å². The van der Waals surface area contributed by atoms with Crippen LogP contribution in [-0.2, 0) is 11.2 Å². The summed E-state index contributed by atoms with van der Waals surface area (Å²) in [6.07, 6.45) is 1.91. The summed E-state index contributed by atoms with van der Waals surface area (Å²) in [5, 5.41) is 1.66. The van der Waals surface area contributed by atoms with Crippen molar-refractivity contribution in [3.05, 3.63) is 54.3 Å². The Labute approximate surface area is 154 Å². The summed E-state index contributed by atoms with van der Waals surface area (Å²) in [5.41, 5.74) is 2.50. The van der Waals surface area contributed by atoms with Gasteiger partial charge in [-0.2, -0.15) is 0 Å². The topological polar surface area (TPSA) is 55.6 Å². The van der Waals surface area contributed by atoms with Gasteiger partial charge in [-0.05, 0) is 31.2 Å². The average molecular weight is 366 g/mol. The minimum absolute atomic E-state index is 0.00470. The van der Waals surface area contributed by atoms with E-state index in [4.69, 9.17) is 9.15 Å². The van der Waals surface area contributed by atoms with E-state index in [1.165, 1.54) is 11.3 Å². The second kappa shape index (κ2) is 6.80. The molecule has 0 aliphatic rings. The standard InChI is InChI=1S/C20H18N2O3S/c1-3-22(20-21-16-6-4-5-7-18(16)26-20)19(23)10-13-12-25-17-11-14(24-2)8-9-15(13)17/h4-9,11-12H,3,10H2,1-2H3. The smallest absolute Gasteiger partial charge is 0.233 e. The maximum atomic E-state index is 12.9. The average Bonchev–Trinajstić information content (AvgIpc) is 3.26. The van der Waals surface area contributed by atoms with Crippen LogP contribution < -0.4 is 9.64 Å². The molecule has 0 unspecified atom stereocenters. The lowest BCUT2D eigenvalue weighted by Gasteiger charge is -2.17. The van der Waals surface area contributed by atoms with Gasteiger partial charge in [0.1, 0.15) is 11.3 Å². The van der Waals surface area contributed by atoms with Crippen molar-refractivity contribution in [3.63, 3.8) is 0 Å². The van der Waals surface area contributed by atoms with Crippen LogP contribution in [0.3, 0.4) is 0 Å². The maximum Gasteiger partial charge on any atom is 0.233 e. The molecule has 6 heteroatoms. The highest BCUT2D eigenvalue weighted by Gasteiger charge is 2.20. The third kappa shape index (κ3) is 2.93. The van der Waals surface area contributed by atoms with Crippen LogP contribution in [0.15, 0.2) is 53.1 Å². The largest absolute Gasteiger partial charge is 0.497 e. The Hall–Kier alpha value is -2.86. The molecule has 2 aromatic heterocycles. The van der Waals surface area contributed by atoms with Crippen LogP contribution in [0.1, 0.15) is 12.5 Å². The quantitative estimate of drug-likeness (QED) is 0.516. The number of furan rings is 1. The molecule has 0 bridgehead atoms. The van der Waals surface area contributed by atoms with E-state index in [1.807, 2.05) is 49.4 Å². The molecule has 132 valence electrons. The number of hydrogen-bond donors (Lipinski definition) is 0. The zero-order chi connectivity index (χ0) is 18.1. The molecule has 0 radical (unpaired) electrons. The number of carbonyl (C=O) groups is 1. The van der Waals surface area contributed by atoms with Crippen LogP contribution in [-0.4, -0.2) is 24.5 Å². The fourth-order valence-corrected chi connectivity index (χ4v) is 4.03. The number of carbonyl (C=O) groups excluding carboxylic acids is 1. The first-order valence-corrected chi connectivity index (χ1v) is 9.21. The fraction of sp³-hybridized carbons (Fsp3) is 0.200. The van der Waals surface area contributed by atoms with Gasteiger partial charge in [-0.3, -0.25) is 9.69 Å². The Kier molecular flexibility index (Phi) is 4.34. The highest BCUT2D eigenvalue weighted by atomic mass is 32.1. The Bertz CT molecular complexity index is 1050. The molecule has 2 aromatic carbocycles. The number of rotatable bonds is 5. The summed E-state index contributed by atoms with van der Waals surface area (Å²) in [4.78, 5) is 19.2. The van der Waals surface area contributed by atoms with Crippen molar-refractivity contribution in [3.8, 4) is 5.75 Å². The third-order valence-electron chi connectivity index (χ3n) is 4.34. The molecule has 0 fully saturated rings. The molecule has 0 atom stereocenters. The number of thiazole rings is 1. The molecule has 4 aromatic rings.